The van der Waals surface area contributed by atoms with Crippen LogP contribution in [-0.4, -0.2) is 48.8 Å². The van der Waals surface area contributed by atoms with E-state index < -0.39 is 0 Å². The van der Waals surface area contributed by atoms with Gasteiger partial charge in [0.25, 0.3) is 5.91 Å². The van der Waals surface area contributed by atoms with Crippen molar-refractivity contribution in [2.75, 3.05) is 31.6 Å². The summed E-state index contributed by atoms with van der Waals surface area (Å²) in [6, 6.07) is 4.42. The summed E-state index contributed by atoms with van der Waals surface area (Å²) in [4.78, 5) is 13.7. The number of nitrogens with one attached hydrogen (secondary N) is 2. The molecule has 2 fully saturated rings. The van der Waals surface area contributed by atoms with E-state index in [4.69, 9.17) is 0 Å². The van der Waals surface area contributed by atoms with Crippen molar-refractivity contribution >= 4 is 11.7 Å². The second-order valence-electron chi connectivity index (χ2n) is 5.97. The molecule has 0 aromatic carbocycles. The molecule has 0 bridgehead atoms. The van der Waals surface area contributed by atoms with Gasteiger partial charge in [0.2, 0.25) is 0 Å². The zero-order valence-electron chi connectivity index (χ0n) is 12.5. The number of amides is 1. The molecule has 1 amide bonds. The molecule has 1 aromatic rings. The summed E-state index contributed by atoms with van der Waals surface area (Å²) in [5.41, 5.74) is 0.366. The summed E-state index contributed by atoms with van der Waals surface area (Å²) >= 11 is 0. The minimum Gasteiger partial charge on any atom is -0.355 e. The Balaban J connectivity index is 1.50. The molecular weight excluding hydrogens is 266 g/mol. The van der Waals surface area contributed by atoms with Gasteiger partial charge < -0.3 is 15.5 Å². The van der Waals surface area contributed by atoms with E-state index in [1.165, 1.54) is 25.7 Å². The van der Waals surface area contributed by atoms with Gasteiger partial charge in [0, 0.05) is 26.2 Å². The van der Waals surface area contributed by atoms with E-state index in [-0.39, 0.29) is 5.91 Å². The predicted molar refractivity (Wildman–Crippen MR) is 81.4 cm³/mol. The Labute approximate surface area is 125 Å². The van der Waals surface area contributed by atoms with E-state index in [0.29, 0.717) is 5.69 Å². The zero-order valence-corrected chi connectivity index (χ0v) is 12.5. The topological polar surface area (TPSA) is 70.2 Å². The van der Waals surface area contributed by atoms with Crippen molar-refractivity contribution in [2.45, 2.75) is 31.7 Å². The number of aromatic nitrogens is 2. The Bertz CT molecular complexity index is 477. The van der Waals surface area contributed by atoms with E-state index >= 15 is 0 Å². The minimum atomic E-state index is -0.195. The Morgan fingerprint density at radius 3 is 2.57 bits per heavy atom. The van der Waals surface area contributed by atoms with Crippen LogP contribution in [0.2, 0.25) is 0 Å². The van der Waals surface area contributed by atoms with Crippen LogP contribution in [0.3, 0.4) is 0 Å². The normalized spacial score (nSPS) is 19.6. The van der Waals surface area contributed by atoms with Crippen molar-refractivity contribution in [2.24, 2.45) is 5.92 Å². The maximum atomic E-state index is 11.4. The van der Waals surface area contributed by atoms with Crippen LogP contribution in [0.4, 0.5) is 5.82 Å². The van der Waals surface area contributed by atoms with Crippen LogP contribution in [0.15, 0.2) is 12.1 Å². The van der Waals surface area contributed by atoms with Gasteiger partial charge in [0.1, 0.15) is 0 Å². The van der Waals surface area contributed by atoms with Crippen LogP contribution < -0.4 is 15.5 Å². The number of carbonyl (C=O) groups excluding carboxylic acids is 1. The van der Waals surface area contributed by atoms with Gasteiger partial charge in [-0.15, -0.1) is 10.2 Å². The van der Waals surface area contributed by atoms with Gasteiger partial charge in [-0.25, -0.2) is 0 Å². The van der Waals surface area contributed by atoms with Crippen molar-refractivity contribution < 1.29 is 4.79 Å². The molecule has 0 atom stereocenters. The Morgan fingerprint density at radius 1 is 1.24 bits per heavy atom. The number of anilines is 1. The highest BCUT2D eigenvalue weighted by Gasteiger charge is 2.24. The highest BCUT2D eigenvalue weighted by molar-refractivity contribution is 5.91. The molecule has 1 aliphatic carbocycles. The molecule has 21 heavy (non-hydrogen) atoms. The number of hydrogen-bond acceptors (Lipinski definition) is 5. The number of rotatable bonds is 5. The van der Waals surface area contributed by atoms with Crippen molar-refractivity contribution in [3.63, 3.8) is 0 Å². The fraction of sp³-hybridized carbons (Fsp3) is 0.667. The van der Waals surface area contributed by atoms with Crippen molar-refractivity contribution in [3.8, 4) is 0 Å². The molecule has 1 saturated heterocycles. The SMILES string of the molecule is CNC(=O)c1ccc(N2CCC(CNC3CC3)CC2)nn1. The molecule has 6 heteroatoms. The second-order valence-corrected chi connectivity index (χ2v) is 5.97. The summed E-state index contributed by atoms with van der Waals surface area (Å²) < 4.78 is 0. The molecule has 3 rings (SSSR count). The maximum Gasteiger partial charge on any atom is 0.271 e. The first kappa shape index (κ1) is 14.3. The second kappa shape index (κ2) is 6.39. The van der Waals surface area contributed by atoms with Crippen LogP contribution >= 0.6 is 0 Å². The van der Waals surface area contributed by atoms with Gasteiger partial charge in [-0.1, -0.05) is 0 Å². The lowest BCUT2D eigenvalue weighted by molar-refractivity contribution is 0.0957. The Kier molecular flexibility index (Phi) is 4.34. The third-order valence-electron chi connectivity index (χ3n) is 4.32. The third-order valence-corrected chi connectivity index (χ3v) is 4.32. The van der Waals surface area contributed by atoms with E-state index in [1.54, 1.807) is 13.1 Å². The van der Waals surface area contributed by atoms with Gasteiger partial charge >= 0.3 is 0 Å². The van der Waals surface area contributed by atoms with Crippen LogP contribution in [0, 0.1) is 5.92 Å². The highest BCUT2D eigenvalue weighted by atomic mass is 16.1. The summed E-state index contributed by atoms with van der Waals surface area (Å²) in [6.07, 6.45) is 5.09. The number of carbonyl (C=O) groups is 1. The number of nitrogens with zero attached hydrogens (tertiary/aromatic N) is 3. The summed E-state index contributed by atoms with van der Waals surface area (Å²) in [7, 11) is 1.60. The summed E-state index contributed by atoms with van der Waals surface area (Å²) in [6.45, 7) is 3.19. The molecule has 1 aromatic heterocycles. The van der Waals surface area contributed by atoms with Gasteiger partial charge in [-0.2, -0.15) is 0 Å². The van der Waals surface area contributed by atoms with E-state index in [9.17, 15) is 4.79 Å². The molecule has 0 radical (unpaired) electrons. The molecule has 6 nitrogen and oxygen atoms in total. The summed E-state index contributed by atoms with van der Waals surface area (Å²) in [5.74, 6) is 1.45. The average molecular weight is 289 g/mol. The van der Waals surface area contributed by atoms with Crippen LogP contribution in [0.5, 0.6) is 0 Å². The summed E-state index contributed by atoms with van der Waals surface area (Å²) in [5, 5.41) is 14.3. The Morgan fingerprint density at radius 2 is 2.00 bits per heavy atom. The molecule has 1 saturated carbocycles. The lowest BCUT2D eigenvalue weighted by Crippen LogP contribution is -2.38. The molecule has 0 spiro atoms. The molecular formula is C15H23N5O. The third kappa shape index (κ3) is 3.69. The molecule has 1 aliphatic heterocycles. The molecule has 2 heterocycles. The number of hydrogen-bond donors (Lipinski definition) is 2. The van der Waals surface area contributed by atoms with Crippen molar-refractivity contribution in [3.05, 3.63) is 17.8 Å². The van der Waals surface area contributed by atoms with Gasteiger partial charge in [0.05, 0.1) is 0 Å². The van der Waals surface area contributed by atoms with Gasteiger partial charge in [-0.3, -0.25) is 4.79 Å². The van der Waals surface area contributed by atoms with E-state index in [2.05, 4.69) is 25.7 Å². The smallest absolute Gasteiger partial charge is 0.271 e. The molecule has 0 unspecified atom stereocenters. The quantitative estimate of drug-likeness (QED) is 0.839. The maximum absolute atomic E-state index is 11.4. The average Bonchev–Trinajstić information content (AvgIpc) is 3.37. The van der Waals surface area contributed by atoms with E-state index in [0.717, 1.165) is 37.4 Å². The lowest BCUT2D eigenvalue weighted by atomic mass is 9.97. The van der Waals surface area contributed by atoms with Gasteiger partial charge in [-0.05, 0) is 50.3 Å². The van der Waals surface area contributed by atoms with Crippen molar-refractivity contribution in [1.29, 1.82) is 0 Å². The van der Waals surface area contributed by atoms with Gasteiger partial charge in [0.15, 0.2) is 11.5 Å². The first-order chi connectivity index (χ1) is 10.3. The highest BCUT2D eigenvalue weighted by Crippen LogP contribution is 2.23. The molecule has 2 N–H and O–H groups in total. The fourth-order valence-electron chi connectivity index (χ4n) is 2.73. The first-order valence-corrected chi connectivity index (χ1v) is 7.80. The molecule has 114 valence electrons. The fourth-order valence-corrected chi connectivity index (χ4v) is 2.73. The lowest BCUT2D eigenvalue weighted by Gasteiger charge is -2.32. The van der Waals surface area contributed by atoms with Crippen LogP contribution in [0.25, 0.3) is 0 Å². The first-order valence-electron chi connectivity index (χ1n) is 7.80. The standard InChI is InChI=1S/C15H23N5O/c1-16-15(21)13-4-5-14(19-18-13)20-8-6-11(7-9-20)10-17-12-2-3-12/h4-5,11-12,17H,2-3,6-10H2,1H3,(H,16,21). The largest absolute Gasteiger partial charge is 0.355 e. The number of piperidine rings is 1. The monoisotopic (exact) mass is 289 g/mol. The minimum absolute atomic E-state index is 0.195. The Hall–Kier alpha value is -1.69. The van der Waals surface area contributed by atoms with Crippen LogP contribution in [-0.2, 0) is 0 Å². The molecule has 2 aliphatic rings. The van der Waals surface area contributed by atoms with E-state index in [1.807, 2.05) is 6.07 Å². The zero-order chi connectivity index (χ0) is 14.7. The van der Waals surface area contributed by atoms with Crippen LogP contribution in [0.1, 0.15) is 36.2 Å². The van der Waals surface area contributed by atoms with Crippen molar-refractivity contribution in [1.82, 2.24) is 20.8 Å². The predicted octanol–water partition coefficient (Wildman–Crippen LogP) is 0.805.